The molecule has 1 unspecified atom stereocenters. The summed E-state index contributed by atoms with van der Waals surface area (Å²) >= 11 is 0. The summed E-state index contributed by atoms with van der Waals surface area (Å²) in [6, 6.07) is 9.58. The Balaban J connectivity index is 1.54. The number of benzene rings is 1. The molecule has 2 aromatic rings. The summed E-state index contributed by atoms with van der Waals surface area (Å²) in [4.78, 5) is 38.1. The Morgan fingerprint density at radius 1 is 1.00 bits per heavy atom. The topological polar surface area (TPSA) is 97.0 Å². The van der Waals surface area contributed by atoms with E-state index in [1.807, 2.05) is 35.8 Å². The first-order valence-corrected chi connectivity index (χ1v) is 13.8. The van der Waals surface area contributed by atoms with E-state index < -0.39 is 5.97 Å². The number of carboxylic acids is 1. The van der Waals surface area contributed by atoms with Crippen molar-refractivity contribution in [1.82, 2.24) is 14.5 Å². The van der Waals surface area contributed by atoms with Crippen molar-refractivity contribution in [2.75, 3.05) is 6.61 Å². The summed E-state index contributed by atoms with van der Waals surface area (Å²) in [5.74, 6) is -0.941. The zero-order chi connectivity index (χ0) is 25.1. The normalized spacial score (nSPS) is 25.7. The van der Waals surface area contributed by atoms with Gasteiger partial charge in [0.2, 0.25) is 0 Å². The number of nitrogens with zero attached hydrogens (tertiary/aromatic N) is 4. The molecule has 2 aliphatic heterocycles. The van der Waals surface area contributed by atoms with Crippen molar-refractivity contribution in [3.05, 3.63) is 40.3 Å². The lowest BCUT2D eigenvalue weighted by atomic mass is 9.78. The van der Waals surface area contributed by atoms with Gasteiger partial charge >= 0.3 is 5.97 Å². The van der Waals surface area contributed by atoms with E-state index in [1.165, 1.54) is 51.4 Å². The molecule has 36 heavy (non-hydrogen) atoms. The number of rotatable bonds is 8. The van der Waals surface area contributed by atoms with E-state index in [1.54, 1.807) is 0 Å². The first-order valence-electron chi connectivity index (χ1n) is 13.8. The molecule has 1 saturated carbocycles. The summed E-state index contributed by atoms with van der Waals surface area (Å²) in [6.07, 6.45) is 12.2. The quantitative estimate of drug-likeness (QED) is 0.414. The van der Waals surface area contributed by atoms with E-state index in [0.717, 1.165) is 23.9 Å². The largest absolute Gasteiger partial charge is 0.481 e. The lowest BCUT2D eigenvalue weighted by Crippen LogP contribution is -2.57. The van der Waals surface area contributed by atoms with Crippen LogP contribution < -0.4 is 5.56 Å². The van der Waals surface area contributed by atoms with Gasteiger partial charge in [0.05, 0.1) is 17.5 Å². The molecular weight excluding hydrogens is 456 g/mol. The second kappa shape index (κ2) is 11.1. The van der Waals surface area contributed by atoms with Crippen LogP contribution >= 0.6 is 0 Å². The van der Waals surface area contributed by atoms with Gasteiger partial charge in [-0.1, -0.05) is 43.0 Å². The van der Waals surface area contributed by atoms with Crippen LogP contribution in [-0.2, 0) is 9.63 Å². The zero-order valence-electron chi connectivity index (χ0n) is 21.3. The standard InChI is InChI=1S/C28H38N4O4/c1-2-36-30-24(15-16-26(33)34)27-28(35)32(25-14-7-6-13-23(25)29-27)22-17-20-11-8-12-21(18-22)31(20)19-9-4-3-5-10-19/h6-7,13-14,19-22H,2-5,8-12,15-18H2,1H3,(H,33,34)/b30-24+/t20-,21+,22?. The van der Waals surface area contributed by atoms with Crippen LogP contribution in [0.25, 0.3) is 11.0 Å². The lowest BCUT2D eigenvalue weighted by Gasteiger charge is -2.53. The highest BCUT2D eigenvalue weighted by molar-refractivity contribution is 6.00. The summed E-state index contributed by atoms with van der Waals surface area (Å²) in [6.45, 7) is 2.14. The highest BCUT2D eigenvalue weighted by atomic mass is 16.6. The van der Waals surface area contributed by atoms with Crippen LogP contribution in [0.5, 0.6) is 0 Å². The second-order valence-electron chi connectivity index (χ2n) is 10.6. The molecule has 3 fully saturated rings. The molecule has 0 spiro atoms. The summed E-state index contributed by atoms with van der Waals surface area (Å²) in [5, 5.41) is 13.4. The van der Waals surface area contributed by atoms with Gasteiger partial charge in [-0.2, -0.15) is 0 Å². The molecule has 1 aliphatic carbocycles. The van der Waals surface area contributed by atoms with Crippen LogP contribution in [0.3, 0.4) is 0 Å². The highest BCUT2D eigenvalue weighted by Gasteiger charge is 2.42. The number of piperidine rings is 2. The third-order valence-electron chi connectivity index (χ3n) is 8.32. The number of hydrogen-bond donors (Lipinski definition) is 1. The Hall–Kier alpha value is -2.74. The smallest absolute Gasteiger partial charge is 0.303 e. The van der Waals surface area contributed by atoms with Crippen LogP contribution in [0.15, 0.2) is 34.2 Å². The van der Waals surface area contributed by atoms with Crippen LogP contribution in [-0.4, -0.2) is 56.0 Å². The molecule has 2 bridgehead atoms. The molecule has 1 N–H and O–H groups in total. The molecule has 2 saturated heterocycles. The Morgan fingerprint density at radius 2 is 1.69 bits per heavy atom. The van der Waals surface area contributed by atoms with Gasteiger partial charge in [0.15, 0.2) is 5.69 Å². The number of carbonyl (C=O) groups is 1. The number of carboxylic acid groups (broad SMARTS) is 1. The fraction of sp³-hybridized carbons (Fsp3) is 0.643. The van der Waals surface area contributed by atoms with Crippen molar-refractivity contribution < 1.29 is 14.7 Å². The maximum atomic E-state index is 14.0. The lowest BCUT2D eigenvalue weighted by molar-refractivity contribution is -0.136. The average Bonchev–Trinajstić information content (AvgIpc) is 2.88. The van der Waals surface area contributed by atoms with E-state index >= 15 is 0 Å². The summed E-state index contributed by atoms with van der Waals surface area (Å²) in [5.41, 5.74) is 1.90. The number of fused-ring (bicyclic) bond motifs is 3. The Bertz CT molecular complexity index is 1160. The Morgan fingerprint density at radius 3 is 2.39 bits per heavy atom. The number of para-hydroxylation sites is 2. The maximum absolute atomic E-state index is 14.0. The fourth-order valence-corrected chi connectivity index (χ4v) is 6.85. The minimum absolute atomic E-state index is 0.0899. The molecule has 8 heteroatoms. The van der Waals surface area contributed by atoms with Gasteiger partial charge in [-0.15, -0.1) is 0 Å². The van der Waals surface area contributed by atoms with Gasteiger partial charge in [-0.25, -0.2) is 4.98 Å². The first-order chi connectivity index (χ1) is 17.6. The van der Waals surface area contributed by atoms with E-state index in [2.05, 4.69) is 15.0 Å². The van der Waals surface area contributed by atoms with Crippen molar-refractivity contribution >= 4 is 22.7 Å². The number of oxime groups is 1. The number of hydrogen-bond acceptors (Lipinski definition) is 6. The molecular formula is C28H38N4O4. The molecule has 1 aromatic heterocycles. The summed E-state index contributed by atoms with van der Waals surface area (Å²) in [7, 11) is 0. The average molecular weight is 495 g/mol. The van der Waals surface area contributed by atoms with Crippen LogP contribution in [0.1, 0.15) is 95.7 Å². The molecule has 8 nitrogen and oxygen atoms in total. The van der Waals surface area contributed by atoms with E-state index in [0.29, 0.717) is 30.4 Å². The van der Waals surface area contributed by atoms with Gasteiger partial charge < -0.3 is 14.5 Å². The molecule has 194 valence electrons. The van der Waals surface area contributed by atoms with Crippen LogP contribution in [0, 0.1) is 0 Å². The SMILES string of the molecule is CCO/N=C(\CCC(=O)O)c1nc2ccccc2n(C2C[C@H]3CCC[C@@H](C2)N3C2CCCCC2)c1=O. The maximum Gasteiger partial charge on any atom is 0.303 e. The number of aromatic nitrogens is 2. The molecule has 0 amide bonds. The Labute approximate surface area is 212 Å². The monoisotopic (exact) mass is 494 g/mol. The minimum Gasteiger partial charge on any atom is -0.481 e. The van der Waals surface area contributed by atoms with Gasteiger partial charge in [0.25, 0.3) is 5.56 Å². The minimum atomic E-state index is -0.941. The Kier molecular flexibility index (Phi) is 7.70. The molecule has 5 rings (SSSR count). The van der Waals surface area contributed by atoms with Crippen molar-refractivity contribution in [1.29, 1.82) is 0 Å². The van der Waals surface area contributed by atoms with Crippen molar-refractivity contribution in [2.45, 2.75) is 108 Å². The molecule has 3 atom stereocenters. The van der Waals surface area contributed by atoms with Gasteiger partial charge in [-0.05, 0) is 57.6 Å². The third-order valence-corrected chi connectivity index (χ3v) is 8.32. The number of aliphatic carboxylic acids is 1. The van der Waals surface area contributed by atoms with Crippen molar-refractivity contribution in [3.8, 4) is 0 Å². The predicted molar refractivity (Wildman–Crippen MR) is 139 cm³/mol. The van der Waals surface area contributed by atoms with Crippen molar-refractivity contribution in [3.63, 3.8) is 0 Å². The summed E-state index contributed by atoms with van der Waals surface area (Å²) < 4.78 is 1.95. The first kappa shape index (κ1) is 24.9. The van der Waals surface area contributed by atoms with Crippen molar-refractivity contribution in [2.24, 2.45) is 5.16 Å². The molecule has 3 aliphatic rings. The van der Waals surface area contributed by atoms with E-state index in [-0.39, 0.29) is 30.1 Å². The van der Waals surface area contributed by atoms with E-state index in [4.69, 9.17) is 4.84 Å². The van der Waals surface area contributed by atoms with Crippen LogP contribution in [0.4, 0.5) is 0 Å². The zero-order valence-corrected chi connectivity index (χ0v) is 21.3. The van der Waals surface area contributed by atoms with Crippen LogP contribution in [0.2, 0.25) is 0 Å². The molecule has 0 radical (unpaired) electrons. The van der Waals surface area contributed by atoms with E-state index in [9.17, 15) is 14.7 Å². The van der Waals surface area contributed by atoms with Gasteiger partial charge in [-0.3, -0.25) is 14.5 Å². The third kappa shape index (κ3) is 5.05. The fourth-order valence-electron chi connectivity index (χ4n) is 6.85. The predicted octanol–water partition coefficient (Wildman–Crippen LogP) is 4.89. The molecule has 3 heterocycles. The van der Waals surface area contributed by atoms with Gasteiger partial charge in [0, 0.05) is 30.6 Å². The highest BCUT2D eigenvalue weighted by Crippen LogP contribution is 2.43. The molecule has 1 aromatic carbocycles. The second-order valence-corrected chi connectivity index (χ2v) is 10.6. The van der Waals surface area contributed by atoms with Gasteiger partial charge in [0.1, 0.15) is 12.3 Å².